The van der Waals surface area contributed by atoms with E-state index in [1.807, 2.05) is 0 Å². The van der Waals surface area contributed by atoms with Gasteiger partial charge in [-0.3, -0.25) is 9.52 Å². The van der Waals surface area contributed by atoms with E-state index in [9.17, 15) is 22.0 Å². The zero-order chi connectivity index (χ0) is 21.0. The van der Waals surface area contributed by atoms with Crippen LogP contribution in [0.4, 0.5) is 20.3 Å². The first-order valence-corrected chi connectivity index (χ1v) is 9.79. The van der Waals surface area contributed by atoms with Crippen molar-refractivity contribution in [3.8, 4) is 0 Å². The number of carbonyl (C=O) groups is 1. The average molecular weight is 418 g/mol. The van der Waals surface area contributed by atoms with Crippen LogP contribution in [-0.2, 0) is 16.6 Å². The molecule has 7 nitrogen and oxygen atoms in total. The van der Waals surface area contributed by atoms with Gasteiger partial charge in [-0.2, -0.15) is 0 Å². The second kappa shape index (κ2) is 8.23. The minimum Gasteiger partial charge on any atom is -0.366 e. The molecule has 0 radical (unpaired) electrons. The normalized spacial score (nSPS) is 11.1. The zero-order valence-corrected chi connectivity index (χ0v) is 15.7. The van der Waals surface area contributed by atoms with Gasteiger partial charge in [0.2, 0.25) is 5.91 Å². The summed E-state index contributed by atoms with van der Waals surface area (Å²) in [6.45, 7) is 0.394. The predicted molar refractivity (Wildman–Crippen MR) is 104 cm³/mol. The lowest BCUT2D eigenvalue weighted by Crippen LogP contribution is -2.14. The molecule has 0 unspecified atom stereocenters. The number of amides is 1. The number of rotatable bonds is 7. The Labute approximate surface area is 165 Å². The summed E-state index contributed by atoms with van der Waals surface area (Å²) in [7, 11) is -4.01. The minimum atomic E-state index is -4.01. The lowest BCUT2D eigenvalue weighted by Gasteiger charge is -2.10. The Morgan fingerprint density at radius 2 is 1.72 bits per heavy atom. The van der Waals surface area contributed by atoms with Gasteiger partial charge in [0.1, 0.15) is 10.7 Å². The first-order valence-electron chi connectivity index (χ1n) is 8.31. The SMILES string of the molecule is NC(=O)c1ccc(CNc2ccc(S(=O)(=O)Nc3ccc(F)c(F)c3)cn2)cc1. The van der Waals surface area contributed by atoms with Gasteiger partial charge in [-0.15, -0.1) is 0 Å². The van der Waals surface area contributed by atoms with Gasteiger partial charge < -0.3 is 11.1 Å². The Kier molecular flexibility index (Phi) is 5.74. The van der Waals surface area contributed by atoms with Crippen LogP contribution in [0.3, 0.4) is 0 Å². The Bertz CT molecular complexity index is 1140. The van der Waals surface area contributed by atoms with Gasteiger partial charge in [0.15, 0.2) is 11.6 Å². The lowest BCUT2D eigenvalue weighted by atomic mass is 10.1. The smallest absolute Gasteiger partial charge is 0.263 e. The van der Waals surface area contributed by atoms with Crippen molar-refractivity contribution in [2.24, 2.45) is 5.73 Å². The van der Waals surface area contributed by atoms with E-state index in [0.29, 0.717) is 17.9 Å². The van der Waals surface area contributed by atoms with Gasteiger partial charge >= 0.3 is 0 Å². The van der Waals surface area contributed by atoms with E-state index in [-0.39, 0.29) is 10.6 Å². The fourth-order valence-electron chi connectivity index (χ4n) is 2.40. The number of aromatic nitrogens is 1. The summed E-state index contributed by atoms with van der Waals surface area (Å²) in [5.41, 5.74) is 6.35. The second-order valence-electron chi connectivity index (χ2n) is 6.03. The Balaban J connectivity index is 1.65. The number of nitrogens with two attached hydrogens (primary N) is 1. The highest BCUT2D eigenvalue weighted by Gasteiger charge is 2.16. The first kappa shape index (κ1) is 20.2. The Morgan fingerprint density at radius 1 is 1.00 bits per heavy atom. The molecule has 0 fully saturated rings. The van der Waals surface area contributed by atoms with Crippen LogP contribution >= 0.6 is 0 Å². The van der Waals surface area contributed by atoms with Crippen LogP contribution in [0, 0.1) is 11.6 Å². The third-order valence-corrected chi connectivity index (χ3v) is 5.30. The fourth-order valence-corrected chi connectivity index (χ4v) is 3.39. The van der Waals surface area contributed by atoms with Crippen molar-refractivity contribution in [3.63, 3.8) is 0 Å². The maximum absolute atomic E-state index is 13.2. The van der Waals surface area contributed by atoms with Crippen molar-refractivity contribution >= 4 is 27.4 Å². The van der Waals surface area contributed by atoms with Gasteiger partial charge in [-0.25, -0.2) is 22.2 Å². The molecule has 1 amide bonds. The highest BCUT2D eigenvalue weighted by Crippen LogP contribution is 2.19. The molecule has 3 aromatic rings. The minimum absolute atomic E-state index is 0.106. The van der Waals surface area contributed by atoms with E-state index in [4.69, 9.17) is 5.73 Å². The topological polar surface area (TPSA) is 114 Å². The Hall–Kier alpha value is -3.53. The van der Waals surface area contributed by atoms with Crippen LogP contribution in [-0.4, -0.2) is 19.3 Å². The van der Waals surface area contributed by atoms with Gasteiger partial charge in [0.05, 0.1) is 5.69 Å². The summed E-state index contributed by atoms with van der Waals surface area (Å²) < 4.78 is 53.1. The fraction of sp³-hybridized carbons (Fsp3) is 0.0526. The third kappa shape index (κ3) is 5.05. The zero-order valence-electron chi connectivity index (χ0n) is 14.9. The van der Waals surface area contributed by atoms with Crippen LogP contribution in [0.1, 0.15) is 15.9 Å². The monoisotopic (exact) mass is 418 g/mol. The molecule has 10 heteroatoms. The van der Waals surface area contributed by atoms with Crippen molar-refractivity contribution in [1.82, 2.24) is 4.98 Å². The average Bonchev–Trinajstić information content (AvgIpc) is 2.69. The van der Waals surface area contributed by atoms with Gasteiger partial charge in [-0.05, 0) is 42.0 Å². The van der Waals surface area contributed by atoms with Crippen molar-refractivity contribution in [2.45, 2.75) is 11.4 Å². The van der Waals surface area contributed by atoms with Gasteiger partial charge in [0.25, 0.3) is 10.0 Å². The summed E-state index contributed by atoms with van der Waals surface area (Å²) in [5.74, 6) is -2.32. The summed E-state index contributed by atoms with van der Waals surface area (Å²) in [4.78, 5) is 15.0. The molecule has 3 rings (SSSR count). The maximum Gasteiger partial charge on any atom is 0.263 e. The van der Waals surface area contributed by atoms with Gasteiger partial charge in [-0.1, -0.05) is 12.1 Å². The number of primary amides is 1. The van der Waals surface area contributed by atoms with Crippen LogP contribution in [0.25, 0.3) is 0 Å². The lowest BCUT2D eigenvalue weighted by molar-refractivity contribution is 0.1000. The number of benzene rings is 2. The molecule has 0 aliphatic rings. The highest BCUT2D eigenvalue weighted by molar-refractivity contribution is 7.92. The van der Waals surface area contributed by atoms with E-state index in [2.05, 4.69) is 15.0 Å². The molecule has 1 heterocycles. The molecular weight excluding hydrogens is 402 g/mol. The third-order valence-electron chi connectivity index (χ3n) is 3.93. The number of anilines is 2. The van der Waals surface area contributed by atoms with E-state index < -0.39 is 27.6 Å². The maximum atomic E-state index is 13.2. The number of nitrogens with one attached hydrogen (secondary N) is 2. The van der Waals surface area contributed by atoms with Crippen LogP contribution < -0.4 is 15.8 Å². The molecule has 0 spiro atoms. The predicted octanol–water partition coefficient (Wildman–Crippen LogP) is 2.87. The van der Waals surface area contributed by atoms with Crippen molar-refractivity contribution in [1.29, 1.82) is 0 Å². The number of pyridine rings is 1. The van der Waals surface area contributed by atoms with E-state index >= 15 is 0 Å². The molecule has 0 saturated heterocycles. The van der Waals surface area contributed by atoms with E-state index in [1.165, 1.54) is 12.1 Å². The molecule has 0 saturated carbocycles. The van der Waals surface area contributed by atoms with Crippen molar-refractivity contribution in [2.75, 3.05) is 10.0 Å². The second-order valence-corrected chi connectivity index (χ2v) is 7.71. The van der Waals surface area contributed by atoms with Crippen molar-refractivity contribution < 1.29 is 22.0 Å². The van der Waals surface area contributed by atoms with Gasteiger partial charge in [0, 0.05) is 24.4 Å². The van der Waals surface area contributed by atoms with Crippen LogP contribution in [0.5, 0.6) is 0 Å². The first-order chi connectivity index (χ1) is 13.7. The number of sulfonamides is 1. The molecule has 4 N–H and O–H groups in total. The molecule has 150 valence electrons. The quantitative estimate of drug-likeness (QED) is 0.546. The number of halogens is 2. The standard InChI is InChI=1S/C19H16F2N4O3S/c20-16-7-5-14(9-17(16)21)25-29(27,28)15-6-8-18(24-11-15)23-10-12-1-3-13(4-2-12)19(22)26/h1-9,11,25H,10H2,(H2,22,26)(H,23,24). The summed E-state index contributed by atoms with van der Waals surface area (Å²) in [6.07, 6.45) is 1.14. The number of hydrogen-bond acceptors (Lipinski definition) is 5. The molecule has 1 aromatic heterocycles. The number of carbonyl (C=O) groups excluding carboxylic acids is 1. The summed E-state index contributed by atoms with van der Waals surface area (Å²) in [5, 5.41) is 3.02. The van der Waals surface area contributed by atoms with Crippen molar-refractivity contribution in [3.05, 3.63) is 83.6 Å². The number of hydrogen-bond donors (Lipinski definition) is 3. The molecule has 0 bridgehead atoms. The van der Waals surface area contributed by atoms with E-state index in [1.54, 1.807) is 24.3 Å². The molecule has 0 atom stereocenters. The van der Waals surface area contributed by atoms with Crippen LogP contribution in [0.2, 0.25) is 0 Å². The molecular formula is C19H16F2N4O3S. The molecule has 2 aromatic carbocycles. The Morgan fingerprint density at radius 3 is 2.31 bits per heavy atom. The number of nitrogens with zero attached hydrogens (tertiary/aromatic N) is 1. The van der Waals surface area contributed by atoms with Crippen LogP contribution in [0.15, 0.2) is 65.7 Å². The van der Waals surface area contributed by atoms with E-state index in [0.717, 1.165) is 30.0 Å². The highest BCUT2D eigenvalue weighted by atomic mass is 32.2. The largest absolute Gasteiger partial charge is 0.366 e. The molecule has 0 aliphatic carbocycles. The molecule has 29 heavy (non-hydrogen) atoms. The summed E-state index contributed by atoms with van der Waals surface area (Å²) >= 11 is 0. The molecule has 0 aliphatic heterocycles. The summed E-state index contributed by atoms with van der Waals surface area (Å²) in [6, 6.07) is 12.2.